The van der Waals surface area contributed by atoms with Crippen LogP contribution in [0, 0.1) is 0 Å². The largest absolute Gasteiger partial charge is 0.417 e. The van der Waals surface area contributed by atoms with Gasteiger partial charge in [-0.3, -0.25) is 10.2 Å². The summed E-state index contributed by atoms with van der Waals surface area (Å²) < 4.78 is 5.65. The summed E-state index contributed by atoms with van der Waals surface area (Å²) in [6.07, 6.45) is 0.777. The quantitative estimate of drug-likeness (QED) is 0.694. The van der Waals surface area contributed by atoms with E-state index >= 15 is 0 Å². The van der Waals surface area contributed by atoms with Crippen LogP contribution in [0.25, 0.3) is 0 Å². The Bertz CT molecular complexity index is 1070. The molecule has 5 nitrogen and oxygen atoms in total. The number of hydrogen-bond acceptors (Lipinski definition) is 4. The lowest BCUT2D eigenvalue weighted by Gasteiger charge is -2.35. The zero-order valence-electron chi connectivity index (χ0n) is 17.2. The van der Waals surface area contributed by atoms with Crippen molar-refractivity contribution in [2.75, 3.05) is 30.9 Å². The van der Waals surface area contributed by atoms with Crippen LogP contribution in [-0.2, 0) is 5.41 Å². The van der Waals surface area contributed by atoms with Crippen LogP contribution < -0.4 is 15.0 Å². The van der Waals surface area contributed by atoms with E-state index in [2.05, 4.69) is 65.6 Å². The highest BCUT2D eigenvalue weighted by Crippen LogP contribution is 2.55. The van der Waals surface area contributed by atoms with Gasteiger partial charge in [0.05, 0.1) is 11.6 Å². The van der Waals surface area contributed by atoms with Gasteiger partial charge in [-0.2, -0.15) is 0 Å². The molecule has 30 heavy (non-hydrogen) atoms. The number of likely N-dealkylation sites (tertiary alicyclic amines) is 1. The topological polar surface area (TPSA) is 44.8 Å². The van der Waals surface area contributed by atoms with Crippen LogP contribution in [0.2, 0.25) is 0 Å². The number of para-hydroxylation sites is 1. The Balaban J connectivity index is 1.51. The van der Waals surface area contributed by atoms with E-state index in [4.69, 9.17) is 4.74 Å². The van der Waals surface area contributed by atoms with Gasteiger partial charge in [-0.15, -0.1) is 0 Å². The number of benzene rings is 3. The molecular formula is C25H25N3O2. The molecule has 3 aromatic carbocycles. The highest BCUT2D eigenvalue weighted by atomic mass is 16.6. The molecule has 0 aliphatic carbocycles. The lowest BCUT2D eigenvalue weighted by molar-refractivity contribution is 0.215. The fourth-order valence-electron chi connectivity index (χ4n) is 5.21. The van der Waals surface area contributed by atoms with Gasteiger partial charge in [-0.1, -0.05) is 48.5 Å². The average molecular weight is 399 g/mol. The molecule has 1 saturated heterocycles. The van der Waals surface area contributed by atoms with Crippen molar-refractivity contribution in [3.8, 4) is 5.75 Å². The number of carbonyl (C=O) groups is 1. The second-order valence-electron chi connectivity index (χ2n) is 8.11. The Morgan fingerprint density at radius 1 is 1.00 bits per heavy atom. The SMILES string of the molecule is CN1CCC2(c3ccccc3)c3cc(OC(=O)Nc4ccccc4)ccc3N(C)C12. The predicted molar refractivity (Wildman–Crippen MR) is 119 cm³/mol. The van der Waals surface area contributed by atoms with E-state index in [0.717, 1.165) is 13.0 Å². The number of amides is 1. The van der Waals surface area contributed by atoms with Crippen LogP contribution in [0.4, 0.5) is 16.2 Å². The Kier molecular flexibility index (Phi) is 4.48. The van der Waals surface area contributed by atoms with Crippen LogP contribution in [0.1, 0.15) is 17.5 Å². The third-order valence-electron chi connectivity index (χ3n) is 6.43. The number of hydrogen-bond donors (Lipinski definition) is 1. The minimum Gasteiger partial charge on any atom is -0.410 e. The van der Waals surface area contributed by atoms with Crippen molar-refractivity contribution in [3.63, 3.8) is 0 Å². The van der Waals surface area contributed by atoms with E-state index in [0.29, 0.717) is 11.4 Å². The molecule has 0 spiro atoms. The van der Waals surface area contributed by atoms with Gasteiger partial charge in [0.15, 0.2) is 0 Å². The van der Waals surface area contributed by atoms with Crippen molar-refractivity contribution in [2.45, 2.75) is 18.0 Å². The van der Waals surface area contributed by atoms with E-state index in [1.165, 1.54) is 16.8 Å². The predicted octanol–water partition coefficient (Wildman–Crippen LogP) is 4.70. The molecule has 2 heterocycles. The van der Waals surface area contributed by atoms with E-state index in [1.807, 2.05) is 42.5 Å². The monoisotopic (exact) mass is 399 g/mol. The van der Waals surface area contributed by atoms with E-state index < -0.39 is 6.09 Å². The smallest absolute Gasteiger partial charge is 0.410 e. The third-order valence-corrected chi connectivity index (χ3v) is 6.43. The summed E-state index contributed by atoms with van der Waals surface area (Å²) in [5.41, 5.74) is 4.27. The number of fused-ring (bicyclic) bond motifs is 3. The van der Waals surface area contributed by atoms with Crippen molar-refractivity contribution in [2.24, 2.45) is 0 Å². The second-order valence-corrected chi connectivity index (χ2v) is 8.11. The fourth-order valence-corrected chi connectivity index (χ4v) is 5.21. The average Bonchev–Trinajstić information content (AvgIpc) is 3.24. The molecule has 152 valence electrons. The zero-order chi connectivity index (χ0) is 20.7. The maximum absolute atomic E-state index is 12.4. The summed E-state index contributed by atoms with van der Waals surface area (Å²) in [6, 6.07) is 26.0. The second kappa shape index (κ2) is 7.18. The molecule has 2 atom stereocenters. The van der Waals surface area contributed by atoms with Crippen molar-refractivity contribution in [1.29, 1.82) is 0 Å². The number of likely N-dealkylation sites (N-methyl/N-ethyl adjacent to an activating group) is 2. The van der Waals surface area contributed by atoms with Crippen LogP contribution in [0.3, 0.4) is 0 Å². The molecule has 0 saturated carbocycles. The van der Waals surface area contributed by atoms with Gasteiger partial charge in [0.2, 0.25) is 0 Å². The molecule has 5 rings (SSSR count). The highest BCUT2D eigenvalue weighted by Gasteiger charge is 2.56. The maximum Gasteiger partial charge on any atom is 0.417 e. The molecule has 3 aromatic rings. The summed E-state index contributed by atoms with van der Waals surface area (Å²) >= 11 is 0. The van der Waals surface area contributed by atoms with Crippen LogP contribution in [0.5, 0.6) is 5.75 Å². The third kappa shape index (κ3) is 2.85. The molecule has 1 N–H and O–H groups in total. The summed E-state index contributed by atoms with van der Waals surface area (Å²) in [5.74, 6) is 0.557. The fraction of sp³-hybridized carbons (Fsp3) is 0.240. The van der Waals surface area contributed by atoms with E-state index in [-0.39, 0.29) is 11.6 Å². The normalized spacial score (nSPS) is 22.5. The Morgan fingerprint density at radius 3 is 2.43 bits per heavy atom. The maximum atomic E-state index is 12.4. The molecular weight excluding hydrogens is 374 g/mol. The van der Waals surface area contributed by atoms with Gasteiger partial charge < -0.3 is 9.64 Å². The van der Waals surface area contributed by atoms with Gasteiger partial charge >= 0.3 is 6.09 Å². The molecule has 0 radical (unpaired) electrons. The minimum atomic E-state index is -0.485. The van der Waals surface area contributed by atoms with Gasteiger partial charge in [0.1, 0.15) is 5.75 Å². The van der Waals surface area contributed by atoms with Crippen LogP contribution in [0.15, 0.2) is 78.9 Å². The van der Waals surface area contributed by atoms with Gasteiger partial charge in [0, 0.05) is 25.0 Å². The molecule has 1 fully saturated rings. The lowest BCUT2D eigenvalue weighted by atomic mass is 9.73. The van der Waals surface area contributed by atoms with E-state index in [1.54, 1.807) is 0 Å². The summed E-state index contributed by atoms with van der Waals surface area (Å²) in [7, 11) is 4.33. The summed E-state index contributed by atoms with van der Waals surface area (Å²) in [5, 5.41) is 2.78. The Labute approximate surface area is 176 Å². The standard InChI is InChI=1S/C25H25N3O2/c1-27-16-15-25(18-9-5-3-6-10-18)21-17-20(13-14-22(21)28(2)23(25)27)30-24(29)26-19-11-7-4-8-12-19/h3-14,17,23H,15-16H2,1-2H3,(H,26,29). The summed E-state index contributed by atoms with van der Waals surface area (Å²) in [4.78, 5) is 17.2. The first-order chi connectivity index (χ1) is 14.6. The van der Waals surface area contributed by atoms with E-state index in [9.17, 15) is 4.79 Å². The Morgan fingerprint density at radius 2 is 1.70 bits per heavy atom. The molecule has 1 amide bonds. The lowest BCUT2D eigenvalue weighted by Crippen LogP contribution is -2.47. The van der Waals surface area contributed by atoms with Crippen molar-refractivity contribution >= 4 is 17.5 Å². The van der Waals surface area contributed by atoms with Crippen molar-refractivity contribution in [1.82, 2.24) is 4.90 Å². The van der Waals surface area contributed by atoms with Gasteiger partial charge in [0.25, 0.3) is 0 Å². The molecule has 2 unspecified atom stereocenters. The van der Waals surface area contributed by atoms with Crippen LogP contribution >= 0.6 is 0 Å². The molecule has 2 aliphatic rings. The first-order valence-corrected chi connectivity index (χ1v) is 10.3. The molecule has 5 heteroatoms. The minimum absolute atomic E-state index is 0.143. The molecule has 2 aliphatic heterocycles. The van der Waals surface area contributed by atoms with Gasteiger partial charge in [-0.25, -0.2) is 4.79 Å². The zero-order valence-corrected chi connectivity index (χ0v) is 17.2. The Hall–Kier alpha value is -3.31. The number of nitrogens with zero attached hydrogens (tertiary/aromatic N) is 2. The first-order valence-electron chi connectivity index (χ1n) is 10.3. The number of ether oxygens (including phenoxy) is 1. The number of carbonyl (C=O) groups excluding carboxylic acids is 1. The van der Waals surface area contributed by atoms with Crippen molar-refractivity contribution < 1.29 is 9.53 Å². The van der Waals surface area contributed by atoms with Crippen molar-refractivity contribution in [3.05, 3.63) is 90.0 Å². The van der Waals surface area contributed by atoms with Crippen LogP contribution in [-0.4, -0.2) is 37.8 Å². The number of rotatable bonds is 3. The van der Waals surface area contributed by atoms with Gasteiger partial charge in [-0.05, 0) is 54.9 Å². The highest BCUT2D eigenvalue weighted by molar-refractivity contribution is 5.86. The summed E-state index contributed by atoms with van der Waals surface area (Å²) in [6.45, 7) is 1.02. The molecule has 0 aromatic heterocycles. The number of anilines is 2. The first kappa shape index (κ1) is 18.7. The number of nitrogens with one attached hydrogen (secondary N) is 1. The molecule has 0 bridgehead atoms.